The fourth-order valence-electron chi connectivity index (χ4n) is 4.94. The number of rotatable bonds is 6. The molecule has 0 bridgehead atoms. The molecule has 0 saturated carbocycles. The largest absolute Gasteiger partial charge is 0.494 e. The summed E-state index contributed by atoms with van der Waals surface area (Å²) in [6.45, 7) is -0.990. The molecule has 0 aromatic heterocycles. The van der Waals surface area contributed by atoms with Crippen LogP contribution in [0.5, 0.6) is 5.75 Å². The lowest BCUT2D eigenvalue weighted by Crippen LogP contribution is -2.51. The van der Waals surface area contributed by atoms with Crippen molar-refractivity contribution in [1.29, 1.82) is 5.26 Å². The summed E-state index contributed by atoms with van der Waals surface area (Å²) in [5, 5.41) is 9.81. The van der Waals surface area contributed by atoms with Gasteiger partial charge in [0.25, 0.3) is 5.92 Å². The first-order valence-electron chi connectivity index (χ1n) is 11.2. The molecule has 1 fully saturated rings. The maximum Gasteiger partial charge on any atom is 0.416 e. The van der Waals surface area contributed by atoms with E-state index in [1.165, 1.54) is 19.2 Å². The molecule has 0 spiro atoms. The third-order valence-electron chi connectivity index (χ3n) is 6.54. The average Bonchev–Trinajstić information content (AvgIpc) is 3.17. The minimum atomic E-state index is -4.95. The lowest BCUT2D eigenvalue weighted by molar-refractivity contribution is -0.137. The first-order chi connectivity index (χ1) is 17.4. The van der Waals surface area contributed by atoms with Gasteiger partial charge in [-0.15, -0.1) is 0 Å². The Hall–Kier alpha value is -3.58. The van der Waals surface area contributed by atoms with Crippen molar-refractivity contribution < 1.29 is 35.5 Å². The van der Waals surface area contributed by atoms with E-state index in [1.54, 1.807) is 30.3 Å². The van der Waals surface area contributed by atoms with Gasteiger partial charge in [-0.2, -0.15) is 18.4 Å². The molecule has 1 aliphatic rings. The smallest absolute Gasteiger partial charge is 0.416 e. The Kier molecular flexibility index (Phi) is 6.95. The van der Waals surface area contributed by atoms with Gasteiger partial charge in [-0.05, 0) is 53.4 Å². The van der Waals surface area contributed by atoms with Crippen molar-refractivity contribution in [1.82, 2.24) is 4.90 Å². The van der Waals surface area contributed by atoms with E-state index in [-0.39, 0.29) is 23.3 Å². The second-order valence-corrected chi connectivity index (χ2v) is 8.93. The summed E-state index contributed by atoms with van der Waals surface area (Å²) in [4.78, 5) is 1.08. The molecule has 0 N–H and O–H groups in total. The Morgan fingerprint density at radius 1 is 0.973 bits per heavy atom. The summed E-state index contributed by atoms with van der Waals surface area (Å²) in [6.07, 6.45) is -6.04. The van der Waals surface area contributed by atoms with Crippen LogP contribution in [-0.4, -0.2) is 30.5 Å². The second-order valence-electron chi connectivity index (χ2n) is 8.93. The minimum absolute atomic E-state index is 0.0614. The zero-order valence-corrected chi connectivity index (χ0v) is 19.5. The highest BCUT2D eigenvalue weighted by atomic mass is 19.4. The Labute approximate surface area is 208 Å². The highest BCUT2D eigenvalue weighted by Gasteiger charge is 2.55. The number of halogens is 7. The van der Waals surface area contributed by atoms with Gasteiger partial charge in [0.1, 0.15) is 11.9 Å². The molecule has 10 heteroatoms. The topological polar surface area (TPSA) is 36.3 Å². The Bertz CT molecular complexity index is 1320. The number of hydrogen-bond acceptors (Lipinski definition) is 3. The van der Waals surface area contributed by atoms with Crippen LogP contribution >= 0.6 is 0 Å². The van der Waals surface area contributed by atoms with Crippen LogP contribution in [0, 0.1) is 23.0 Å². The van der Waals surface area contributed by atoms with Crippen molar-refractivity contribution in [2.24, 2.45) is 0 Å². The van der Waals surface area contributed by atoms with E-state index in [9.17, 15) is 36.0 Å². The van der Waals surface area contributed by atoms with E-state index in [0.29, 0.717) is 17.7 Å². The van der Waals surface area contributed by atoms with Gasteiger partial charge in [0.15, 0.2) is 11.6 Å². The molecule has 3 nitrogen and oxygen atoms in total. The highest BCUT2D eigenvalue weighted by Crippen LogP contribution is 2.48. The molecule has 3 aromatic rings. The van der Waals surface area contributed by atoms with Crippen molar-refractivity contribution in [2.45, 2.75) is 36.5 Å². The van der Waals surface area contributed by atoms with Crippen LogP contribution in [0.1, 0.15) is 28.7 Å². The first kappa shape index (κ1) is 26.5. The second kappa shape index (κ2) is 9.71. The van der Waals surface area contributed by atoms with Gasteiger partial charge < -0.3 is 4.74 Å². The van der Waals surface area contributed by atoms with Gasteiger partial charge in [-0.1, -0.05) is 36.4 Å². The van der Waals surface area contributed by atoms with Crippen molar-refractivity contribution in [3.63, 3.8) is 0 Å². The number of hydrogen-bond donors (Lipinski definition) is 0. The van der Waals surface area contributed by atoms with Crippen molar-refractivity contribution >= 4 is 0 Å². The molecule has 194 valence electrons. The molecular formula is C27H21F7N2O. The van der Waals surface area contributed by atoms with E-state index in [4.69, 9.17) is 4.74 Å². The van der Waals surface area contributed by atoms with Crippen LogP contribution in [0.2, 0.25) is 0 Å². The molecule has 1 heterocycles. The number of methoxy groups -OCH3 is 1. The van der Waals surface area contributed by atoms with Crippen LogP contribution in [-0.2, 0) is 18.1 Å². The molecule has 3 aromatic carbocycles. The third-order valence-corrected chi connectivity index (χ3v) is 6.54. The highest BCUT2D eigenvalue weighted by molar-refractivity contribution is 5.47. The molecule has 2 atom stereocenters. The molecule has 37 heavy (non-hydrogen) atoms. The molecule has 0 radical (unpaired) electrons. The predicted octanol–water partition coefficient (Wildman–Crippen LogP) is 6.71. The summed E-state index contributed by atoms with van der Waals surface area (Å²) in [5.41, 5.74) is -2.99. The van der Waals surface area contributed by atoms with Crippen LogP contribution in [0.15, 0.2) is 66.7 Å². The normalized spacial score (nSPS) is 19.3. The van der Waals surface area contributed by atoms with E-state index in [2.05, 4.69) is 0 Å². The van der Waals surface area contributed by atoms with Gasteiger partial charge in [-0.3, -0.25) is 4.90 Å². The quantitative estimate of drug-likeness (QED) is 0.338. The van der Waals surface area contributed by atoms with Crippen molar-refractivity contribution in [2.75, 3.05) is 13.7 Å². The van der Waals surface area contributed by atoms with E-state index in [1.807, 2.05) is 6.07 Å². The summed E-state index contributed by atoms with van der Waals surface area (Å²) in [6, 6.07) is 13.9. The Balaban J connectivity index is 2.11. The van der Waals surface area contributed by atoms with Gasteiger partial charge in [0.2, 0.25) is 0 Å². The van der Waals surface area contributed by atoms with Crippen LogP contribution in [0.25, 0.3) is 0 Å². The Morgan fingerprint density at radius 3 is 2.27 bits per heavy atom. The van der Waals surface area contributed by atoms with Crippen LogP contribution < -0.4 is 4.74 Å². The molecule has 0 unspecified atom stereocenters. The fourth-order valence-corrected chi connectivity index (χ4v) is 4.94. The van der Waals surface area contributed by atoms with Crippen LogP contribution in [0.3, 0.4) is 0 Å². The van der Waals surface area contributed by atoms with Gasteiger partial charge in [-0.25, -0.2) is 17.6 Å². The zero-order chi connectivity index (χ0) is 27.0. The molecule has 0 amide bonds. The number of nitriles is 1. The fraction of sp³-hybridized carbons (Fsp3) is 0.296. The SMILES string of the molecule is COc1cc([C@](Cc2ccccc2)(c2cc(F)cc(C(F)(F)F)c2)N2CC(F)(F)C[C@@H]2C#N)ccc1F. The molecular weight excluding hydrogens is 501 g/mol. The lowest BCUT2D eigenvalue weighted by Gasteiger charge is -2.45. The number of ether oxygens (including phenoxy) is 1. The summed E-state index contributed by atoms with van der Waals surface area (Å²) in [5.74, 6) is -5.68. The number of benzene rings is 3. The third kappa shape index (κ3) is 5.14. The number of alkyl halides is 5. The van der Waals surface area contributed by atoms with Crippen molar-refractivity contribution in [3.8, 4) is 11.8 Å². The maximum atomic E-state index is 14.8. The van der Waals surface area contributed by atoms with Gasteiger partial charge in [0, 0.05) is 6.42 Å². The van der Waals surface area contributed by atoms with E-state index in [0.717, 1.165) is 17.0 Å². The van der Waals surface area contributed by atoms with Gasteiger partial charge >= 0.3 is 6.18 Å². The molecule has 1 aliphatic heterocycles. The van der Waals surface area contributed by atoms with Crippen LogP contribution in [0.4, 0.5) is 30.7 Å². The van der Waals surface area contributed by atoms with Crippen molar-refractivity contribution in [3.05, 3.63) is 101 Å². The predicted molar refractivity (Wildman–Crippen MR) is 121 cm³/mol. The molecule has 4 rings (SSSR count). The molecule has 0 aliphatic carbocycles. The summed E-state index contributed by atoms with van der Waals surface area (Å²) < 4.78 is 105. The number of nitrogens with zero attached hydrogens (tertiary/aromatic N) is 2. The van der Waals surface area contributed by atoms with E-state index < -0.39 is 53.8 Å². The molecule has 1 saturated heterocycles. The maximum absolute atomic E-state index is 14.8. The zero-order valence-electron chi connectivity index (χ0n) is 19.5. The minimum Gasteiger partial charge on any atom is -0.494 e. The van der Waals surface area contributed by atoms with E-state index >= 15 is 0 Å². The summed E-state index contributed by atoms with van der Waals surface area (Å²) >= 11 is 0. The summed E-state index contributed by atoms with van der Waals surface area (Å²) in [7, 11) is 1.17. The Morgan fingerprint density at radius 2 is 1.65 bits per heavy atom. The average molecular weight is 522 g/mol. The van der Waals surface area contributed by atoms with Gasteiger partial charge in [0.05, 0.1) is 30.8 Å². The number of likely N-dealkylation sites (tertiary alicyclic amines) is 1. The monoisotopic (exact) mass is 522 g/mol. The standard InChI is InChI=1S/C27H21F7N2O/c1-37-24-12-18(7-8-23(24)29)26(13-17-5-3-2-4-6-17,36-16-25(30,31)14-22(36)15-35)19-9-20(27(32,33)34)11-21(28)10-19/h2-12,22H,13-14,16H2,1H3/t22-,26-/m1/s1. The first-order valence-corrected chi connectivity index (χ1v) is 11.2. The lowest BCUT2D eigenvalue weighted by atomic mass is 9.75.